The monoisotopic (exact) mass is 106 g/mol. The maximum absolute atomic E-state index is 9.49. The molecule has 0 unspecified atom stereocenters. The highest BCUT2D eigenvalue weighted by atomic mass is 16.4. The van der Waals surface area contributed by atoms with E-state index in [-0.39, 0.29) is 6.15 Å². The van der Waals surface area contributed by atoms with E-state index in [1.165, 1.54) is 0 Å². The summed E-state index contributed by atoms with van der Waals surface area (Å²) in [5, 5.41) is 9.93. The van der Waals surface area contributed by atoms with Crippen LogP contribution in [-0.4, -0.2) is 17.7 Å². The van der Waals surface area contributed by atoms with Crippen LogP contribution in [0.2, 0.25) is 0 Å². The smallest absolute Gasteiger partial charge is 0.404 e. The summed E-state index contributed by atoms with van der Waals surface area (Å²) in [6.07, 6.45) is -0.961. The van der Waals surface area contributed by atoms with Gasteiger partial charge < -0.3 is 16.6 Å². The van der Waals surface area contributed by atoms with Gasteiger partial charge in [0.1, 0.15) is 0 Å². The Bertz CT molecular complexity index is 54.9. The van der Waals surface area contributed by atoms with Crippen LogP contribution in [0.5, 0.6) is 0 Å². The molecule has 0 aliphatic heterocycles. The van der Waals surface area contributed by atoms with Crippen LogP contribution in [0.3, 0.4) is 0 Å². The molecule has 1 amide bonds. The lowest BCUT2D eigenvalue weighted by molar-refractivity contribution is 0.195. The third-order valence-corrected chi connectivity index (χ3v) is 0.328. The van der Waals surface area contributed by atoms with Crippen molar-refractivity contribution in [3.63, 3.8) is 0 Å². The van der Waals surface area contributed by atoms with Crippen LogP contribution in [0.1, 0.15) is 6.92 Å². The van der Waals surface area contributed by atoms with Crippen LogP contribution in [0, 0.1) is 0 Å². The summed E-state index contributed by atoms with van der Waals surface area (Å²) in [6.45, 7) is 2.21. The molecule has 0 aromatic rings. The topological polar surface area (TPSA) is 84.3 Å². The lowest BCUT2D eigenvalue weighted by Gasteiger charge is -1.87. The molecule has 0 spiro atoms. The van der Waals surface area contributed by atoms with Gasteiger partial charge in [-0.1, -0.05) is 0 Å². The molecule has 0 aromatic carbocycles. The molecule has 0 aliphatic carbocycles. The van der Waals surface area contributed by atoms with Gasteiger partial charge >= 0.3 is 6.09 Å². The standard InChI is InChI=1S/C3H7NO2.H3N/c1-2-4-3(5)6;/h4H,2H2,1H3,(H,5,6);1H3. The molecule has 0 aromatic heterocycles. The van der Waals surface area contributed by atoms with Gasteiger partial charge in [-0.15, -0.1) is 0 Å². The third kappa shape index (κ3) is 11.0. The predicted molar refractivity (Wildman–Crippen MR) is 26.7 cm³/mol. The Morgan fingerprint density at radius 3 is 2.29 bits per heavy atom. The van der Waals surface area contributed by atoms with Crippen molar-refractivity contribution in [3.05, 3.63) is 0 Å². The number of nitrogens with one attached hydrogen (secondary N) is 1. The molecule has 0 atom stereocenters. The highest BCUT2D eigenvalue weighted by Gasteiger charge is 1.82. The molecule has 7 heavy (non-hydrogen) atoms. The Kier molecular flexibility index (Phi) is 7.12. The number of carboxylic acid groups (broad SMARTS) is 1. The molecule has 0 aliphatic rings. The zero-order valence-corrected chi connectivity index (χ0v) is 4.27. The number of hydrogen-bond acceptors (Lipinski definition) is 2. The first-order valence-electron chi connectivity index (χ1n) is 1.74. The summed E-state index contributed by atoms with van der Waals surface area (Å²) in [5.41, 5.74) is 0. The number of rotatable bonds is 1. The first-order chi connectivity index (χ1) is 2.77. The van der Waals surface area contributed by atoms with Gasteiger partial charge in [-0.05, 0) is 6.92 Å². The van der Waals surface area contributed by atoms with Crippen LogP contribution in [0.15, 0.2) is 0 Å². The van der Waals surface area contributed by atoms with E-state index >= 15 is 0 Å². The second kappa shape index (κ2) is 5.23. The summed E-state index contributed by atoms with van der Waals surface area (Å²) >= 11 is 0. The van der Waals surface area contributed by atoms with Crippen molar-refractivity contribution in [3.8, 4) is 0 Å². The van der Waals surface area contributed by atoms with Crippen molar-refractivity contribution in [2.45, 2.75) is 6.92 Å². The van der Waals surface area contributed by atoms with E-state index in [2.05, 4.69) is 5.32 Å². The molecule has 0 fully saturated rings. The van der Waals surface area contributed by atoms with Gasteiger partial charge in [0.2, 0.25) is 0 Å². The fourth-order valence-electron chi connectivity index (χ4n) is 0.151. The quantitative estimate of drug-likeness (QED) is 0.453. The molecule has 0 radical (unpaired) electrons. The molecule has 4 heteroatoms. The van der Waals surface area contributed by atoms with E-state index in [1.807, 2.05) is 0 Å². The van der Waals surface area contributed by atoms with Gasteiger partial charge in [-0.25, -0.2) is 4.79 Å². The summed E-state index contributed by atoms with van der Waals surface area (Å²) in [7, 11) is 0. The Labute approximate surface area is 42.1 Å². The minimum atomic E-state index is -0.961. The van der Waals surface area contributed by atoms with Gasteiger partial charge in [-0.2, -0.15) is 0 Å². The van der Waals surface area contributed by atoms with Crippen molar-refractivity contribution < 1.29 is 9.90 Å². The van der Waals surface area contributed by atoms with E-state index in [0.717, 1.165) is 0 Å². The molecular weight excluding hydrogens is 96.0 g/mol. The molecule has 0 saturated carbocycles. The Morgan fingerprint density at radius 2 is 2.29 bits per heavy atom. The average molecular weight is 106 g/mol. The Morgan fingerprint density at radius 1 is 1.86 bits per heavy atom. The number of carbonyl (C=O) groups is 1. The van der Waals surface area contributed by atoms with Gasteiger partial charge in [0.15, 0.2) is 0 Å². The number of hydrogen-bond donors (Lipinski definition) is 3. The van der Waals surface area contributed by atoms with Crippen LogP contribution in [0.25, 0.3) is 0 Å². The third-order valence-electron chi connectivity index (χ3n) is 0.328. The van der Waals surface area contributed by atoms with E-state index in [0.29, 0.717) is 6.54 Å². The van der Waals surface area contributed by atoms with Crippen molar-refractivity contribution >= 4 is 6.09 Å². The van der Waals surface area contributed by atoms with Crippen molar-refractivity contribution in [1.29, 1.82) is 0 Å². The van der Waals surface area contributed by atoms with Crippen LogP contribution in [-0.2, 0) is 0 Å². The second-order valence-electron chi connectivity index (χ2n) is 0.835. The summed E-state index contributed by atoms with van der Waals surface area (Å²) in [5.74, 6) is 0. The van der Waals surface area contributed by atoms with Gasteiger partial charge in [0.05, 0.1) is 0 Å². The van der Waals surface area contributed by atoms with Crippen LogP contribution >= 0.6 is 0 Å². The molecule has 0 rings (SSSR count). The average Bonchev–Trinajstić information content (AvgIpc) is 1.35. The summed E-state index contributed by atoms with van der Waals surface area (Å²) < 4.78 is 0. The first-order valence-corrected chi connectivity index (χ1v) is 1.74. The van der Waals surface area contributed by atoms with E-state index in [9.17, 15) is 4.79 Å². The molecule has 0 heterocycles. The molecule has 5 N–H and O–H groups in total. The van der Waals surface area contributed by atoms with Gasteiger partial charge in [0.25, 0.3) is 0 Å². The molecule has 44 valence electrons. The second-order valence-corrected chi connectivity index (χ2v) is 0.835. The fourth-order valence-corrected chi connectivity index (χ4v) is 0.151. The van der Waals surface area contributed by atoms with Crippen LogP contribution in [0.4, 0.5) is 4.79 Å². The van der Waals surface area contributed by atoms with Crippen LogP contribution < -0.4 is 11.5 Å². The van der Waals surface area contributed by atoms with Gasteiger partial charge in [0, 0.05) is 6.54 Å². The van der Waals surface area contributed by atoms with E-state index in [1.54, 1.807) is 6.92 Å². The maximum atomic E-state index is 9.49. The van der Waals surface area contributed by atoms with Crippen molar-refractivity contribution in [2.24, 2.45) is 0 Å². The maximum Gasteiger partial charge on any atom is 0.404 e. The number of amides is 1. The molecule has 0 saturated heterocycles. The normalized spacial score (nSPS) is 6.43. The van der Waals surface area contributed by atoms with E-state index in [4.69, 9.17) is 5.11 Å². The molecule has 4 nitrogen and oxygen atoms in total. The lowest BCUT2D eigenvalue weighted by Crippen LogP contribution is -2.19. The van der Waals surface area contributed by atoms with Crippen molar-refractivity contribution in [2.75, 3.05) is 6.54 Å². The van der Waals surface area contributed by atoms with Crippen molar-refractivity contribution in [1.82, 2.24) is 11.5 Å². The van der Waals surface area contributed by atoms with Gasteiger partial charge in [-0.3, -0.25) is 0 Å². The largest absolute Gasteiger partial charge is 0.465 e. The molecular formula is C3H10N2O2. The zero-order valence-electron chi connectivity index (χ0n) is 4.27. The molecule has 0 bridgehead atoms. The minimum Gasteiger partial charge on any atom is -0.465 e. The lowest BCUT2D eigenvalue weighted by atomic mass is 10.8. The zero-order chi connectivity index (χ0) is 4.99. The first kappa shape index (κ1) is 9.52. The Hall–Kier alpha value is -0.770. The highest BCUT2D eigenvalue weighted by molar-refractivity contribution is 5.64. The Balaban J connectivity index is 0. The fraction of sp³-hybridized carbons (Fsp3) is 0.667. The van der Waals surface area contributed by atoms with E-state index < -0.39 is 6.09 Å². The summed E-state index contributed by atoms with van der Waals surface area (Å²) in [6, 6.07) is 0. The highest BCUT2D eigenvalue weighted by Crippen LogP contribution is 1.54. The predicted octanol–water partition coefficient (Wildman–Crippen LogP) is 0.436. The summed E-state index contributed by atoms with van der Waals surface area (Å²) in [4.78, 5) is 9.49. The minimum absolute atomic E-state index is 0. The SMILES string of the molecule is CCNC(=O)O.N.